The summed E-state index contributed by atoms with van der Waals surface area (Å²) in [4.78, 5) is 6.66. The SMILES string of the molecule is CNC(Cc1ccc(Cl)s1)c1cncs1. The largest absolute Gasteiger partial charge is 0.312 e. The Hall–Kier alpha value is -0.420. The third-order valence-electron chi connectivity index (χ3n) is 2.18. The number of nitrogens with zero attached hydrogens (tertiary/aromatic N) is 1. The molecular weight excluding hydrogens is 248 g/mol. The van der Waals surface area contributed by atoms with Gasteiger partial charge in [-0.2, -0.15) is 0 Å². The van der Waals surface area contributed by atoms with E-state index in [1.807, 2.05) is 24.8 Å². The Bertz CT molecular complexity index is 411. The van der Waals surface area contributed by atoms with E-state index in [1.165, 1.54) is 9.75 Å². The van der Waals surface area contributed by atoms with E-state index >= 15 is 0 Å². The predicted molar refractivity (Wildman–Crippen MR) is 66.9 cm³/mol. The fourth-order valence-corrected chi connectivity index (χ4v) is 3.27. The van der Waals surface area contributed by atoms with Gasteiger partial charge >= 0.3 is 0 Å². The van der Waals surface area contributed by atoms with E-state index in [0.717, 1.165) is 10.8 Å². The minimum Gasteiger partial charge on any atom is -0.312 e. The van der Waals surface area contributed by atoms with Crippen molar-refractivity contribution < 1.29 is 0 Å². The van der Waals surface area contributed by atoms with Crippen molar-refractivity contribution in [3.05, 3.63) is 37.9 Å². The van der Waals surface area contributed by atoms with Gasteiger partial charge in [0.25, 0.3) is 0 Å². The highest BCUT2D eigenvalue weighted by Gasteiger charge is 2.12. The molecular formula is C10H11ClN2S2. The van der Waals surface area contributed by atoms with Gasteiger partial charge in [-0.05, 0) is 19.2 Å². The van der Waals surface area contributed by atoms with Gasteiger partial charge < -0.3 is 5.32 Å². The lowest BCUT2D eigenvalue weighted by atomic mass is 10.1. The first-order chi connectivity index (χ1) is 7.29. The second-order valence-corrected chi connectivity index (χ2v) is 5.87. The minimum absolute atomic E-state index is 0.340. The van der Waals surface area contributed by atoms with Crippen molar-refractivity contribution in [2.75, 3.05) is 7.05 Å². The number of thiazole rings is 1. The lowest BCUT2D eigenvalue weighted by molar-refractivity contribution is 0.606. The fraction of sp³-hybridized carbons (Fsp3) is 0.300. The third-order valence-corrected chi connectivity index (χ3v) is 4.32. The monoisotopic (exact) mass is 258 g/mol. The van der Waals surface area contributed by atoms with Gasteiger partial charge in [-0.1, -0.05) is 11.6 Å². The van der Waals surface area contributed by atoms with Gasteiger partial charge in [0.15, 0.2) is 0 Å². The number of nitrogens with one attached hydrogen (secondary N) is 1. The molecule has 0 aliphatic rings. The average Bonchev–Trinajstić information content (AvgIpc) is 2.85. The molecule has 1 atom stereocenters. The van der Waals surface area contributed by atoms with E-state index < -0.39 is 0 Å². The van der Waals surface area contributed by atoms with E-state index in [1.54, 1.807) is 22.7 Å². The van der Waals surface area contributed by atoms with Crippen LogP contribution in [0.25, 0.3) is 0 Å². The molecule has 0 bridgehead atoms. The van der Waals surface area contributed by atoms with Crippen LogP contribution in [-0.2, 0) is 6.42 Å². The summed E-state index contributed by atoms with van der Waals surface area (Å²) in [5.41, 5.74) is 1.86. The number of aromatic nitrogens is 1. The Labute approximate surface area is 102 Å². The topological polar surface area (TPSA) is 24.9 Å². The van der Waals surface area contributed by atoms with Crippen LogP contribution in [0.5, 0.6) is 0 Å². The molecule has 0 fully saturated rings. The molecule has 0 aliphatic heterocycles. The molecule has 0 radical (unpaired) electrons. The fourth-order valence-electron chi connectivity index (χ4n) is 1.41. The molecule has 0 aliphatic carbocycles. The summed E-state index contributed by atoms with van der Waals surface area (Å²) >= 11 is 9.22. The Morgan fingerprint density at radius 3 is 2.93 bits per heavy atom. The average molecular weight is 259 g/mol. The maximum Gasteiger partial charge on any atom is 0.0931 e. The molecule has 5 heteroatoms. The van der Waals surface area contributed by atoms with Crippen LogP contribution in [0, 0.1) is 0 Å². The van der Waals surface area contributed by atoms with Crippen LogP contribution >= 0.6 is 34.3 Å². The molecule has 2 nitrogen and oxygen atoms in total. The van der Waals surface area contributed by atoms with E-state index in [-0.39, 0.29) is 0 Å². The molecule has 0 saturated carbocycles. The molecule has 0 aromatic carbocycles. The quantitative estimate of drug-likeness (QED) is 0.910. The minimum atomic E-state index is 0.340. The van der Waals surface area contributed by atoms with Crippen molar-refractivity contribution in [2.24, 2.45) is 0 Å². The zero-order chi connectivity index (χ0) is 10.7. The van der Waals surface area contributed by atoms with E-state index in [9.17, 15) is 0 Å². The summed E-state index contributed by atoms with van der Waals surface area (Å²) in [6.07, 6.45) is 2.89. The Morgan fingerprint density at radius 2 is 2.40 bits per heavy atom. The number of rotatable bonds is 4. The van der Waals surface area contributed by atoms with Crippen molar-refractivity contribution >= 4 is 34.3 Å². The first-order valence-corrected chi connectivity index (χ1v) is 6.67. The normalized spacial score (nSPS) is 12.9. The molecule has 2 aromatic heterocycles. The van der Waals surface area contributed by atoms with Gasteiger partial charge in [0.1, 0.15) is 0 Å². The highest BCUT2D eigenvalue weighted by molar-refractivity contribution is 7.16. The predicted octanol–water partition coefficient (Wildman–Crippen LogP) is 3.36. The van der Waals surface area contributed by atoms with Crippen molar-refractivity contribution in [1.29, 1.82) is 0 Å². The Morgan fingerprint density at radius 1 is 1.53 bits per heavy atom. The summed E-state index contributed by atoms with van der Waals surface area (Å²) in [5, 5.41) is 3.30. The molecule has 1 N–H and O–H groups in total. The highest BCUT2D eigenvalue weighted by atomic mass is 35.5. The van der Waals surface area contributed by atoms with Gasteiger partial charge in [-0.25, -0.2) is 0 Å². The molecule has 2 rings (SSSR count). The zero-order valence-electron chi connectivity index (χ0n) is 8.24. The Kier molecular flexibility index (Phi) is 3.75. The lowest BCUT2D eigenvalue weighted by Gasteiger charge is -2.12. The molecule has 1 unspecified atom stereocenters. The summed E-state index contributed by atoms with van der Waals surface area (Å²) in [6.45, 7) is 0. The smallest absolute Gasteiger partial charge is 0.0931 e. The molecule has 0 amide bonds. The van der Waals surface area contributed by atoms with Gasteiger partial charge in [0.2, 0.25) is 0 Å². The van der Waals surface area contributed by atoms with Crippen molar-refractivity contribution in [1.82, 2.24) is 10.3 Å². The molecule has 2 aromatic rings. The van der Waals surface area contributed by atoms with E-state index in [4.69, 9.17) is 11.6 Å². The standard InChI is InChI=1S/C10H11ClN2S2/c1-12-8(9-5-13-6-14-9)4-7-2-3-10(11)15-7/h2-3,5-6,8,12H,4H2,1H3. The van der Waals surface area contributed by atoms with Crippen LogP contribution in [0.3, 0.4) is 0 Å². The maximum atomic E-state index is 5.90. The molecule has 0 saturated heterocycles. The molecule has 0 spiro atoms. The van der Waals surface area contributed by atoms with Gasteiger partial charge in [-0.3, -0.25) is 4.98 Å². The summed E-state index contributed by atoms with van der Waals surface area (Å²) in [6, 6.07) is 4.37. The summed E-state index contributed by atoms with van der Waals surface area (Å²) in [7, 11) is 1.97. The van der Waals surface area contributed by atoms with Crippen molar-refractivity contribution in [2.45, 2.75) is 12.5 Å². The number of likely N-dealkylation sites (N-methyl/N-ethyl adjacent to an activating group) is 1. The van der Waals surface area contributed by atoms with Crippen LogP contribution < -0.4 is 5.32 Å². The third kappa shape index (κ3) is 2.78. The van der Waals surface area contributed by atoms with Crippen LogP contribution in [0.4, 0.5) is 0 Å². The van der Waals surface area contributed by atoms with Crippen LogP contribution in [0.15, 0.2) is 23.8 Å². The number of halogens is 1. The second-order valence-electron chi connectivity index (χ2n) is 3.16. The lowest BCUT2D eigenvalue weighted by Crippen LogP contribution is -2.17. The van der Waals surface area contributed by atoms with E-state index in [2.05, 4.69) is 16.4 Å². The summed E-state index contributed by atoms with van der Waals surface area (Å²) < 4.78 is 0.851. The molecule has 15 heavy (non-hydrogen) atoms. The highest BCUT2D eigenvalue weighted by Crippen LogP contribution is 2.27. The number of thiophene rings is 1. The van der Waals surface area contributed by atoms with Crippen LogP contribution in [0.2, 0.25) is 4.34 Å². The first kappa shape index (κ1) is 11.1. The van der Waals surface area contributed by atoms with Gasteiger partial charge in [0, 0.05) is 28.4 Å². The number of hydrogen-bond donors (Lipinski definition) is 1. The summed E-state index contributed by atoms with van der Waals surface area (Å²) in [5.74, 6) is 0. The van der Waals surface area contributed by atoms with Gasteiger partial charge in [0.05, 0.1) is 9.85 Å². The van der Waals surface area contributed by atoms with Gasteiger partial charge in [-0.15, -0.1) is 22.7 Å². The second kappa shape index (κ2) is 5.07. The van der Waals surface area contributed by atoms with E-state index in [0.29, 0.717) is 6.04 Å². The Balaban J connectivity index is 2.09. The molecule has 80 valence electrons. The first-order valence-electron chi connectivity index (χ1n) is 4.59. The number of hydrogen-bond acceptors (Lipinski definition) is 4. The molecule has 2 heterocycles. The zero-order valence-corrected chi connectivity index (χ0v) is 10.6. The van der Waals surface area contributed by atoms with Crippen molar-refractivity contribution in [3.8, 4) is 0 Å². The van der Waals surface area contributed by atoms with Crippen LogP contribution in [0.1, 0.15) is 15.8 Å². The maximum absolute atomic E-state index is 5.90. The van der Waals surface area contributed by atoms with Crippen LogP contribution in [-0.4, -0.2) is 12.0 Å². The van der Waals surface area contributed by atoms with Crippen molar-refractivity contribution in [3.63, 3.8) is 0 Å².